The fourth-order valence-corrected chi connectivity index (χ4v) is 2.52. The molecule has 0 atom stereocenters. The van der Waals surface area contributed by atoms with Crippen LogP contribution in [0.25, 0.3) is 0 Å². The van der Waals surface area contributed by atoms with Crippen LogP contribution in [0.1, 0.15) is 27.0 Å². The van der Waals surface area contributed by atoms with Crippen LogP contribution in [0.4, 0.5) is 11.4 Å². The average molecular weight is 252 g/mol. The molecule has 96 valence electrons. The van der Waals surface area contributed by atoms with Gasteiger partial charge in [0, 0.05) is 16.9 Å². The summed E-state index contributed by atoms with van der Waals surface area (Å²) in [5, 5.41) is 0. The number of nitrogen functional groups attached to an aromatic ring is 1. The summed E-state index contributed by atoms with van der Waals surface area (Å²) in [6.45, 7) is 4.69. The summed E-state index contributed by atoms with van der Waals surface area (Å²) in [7, 11) is 0. The van der Waals surface area contributed by atoms with Crippen molar-refractivity contribution in [3.05, 3.63) is 58.7 Å². The highest BCUT2D eigenvalue weighted by Gasteiger charge is 2.29. The lowest BCUT2D eigenvalue weighted by Gasteiger charge is -2.19. The molecule has 0 aromatic heterocycles. The Bertz CT molecular complexity index is 676. The lowest BCUT2D eigenvalue weighted by Crippen LogP contribution is -2.23. The van der Waals surface area contributed by atoms with Crippen molar-refractivity contribution in [2.24, 2.45) is 0 Å². The van der Waals surface area contributed by atoms with Gasteiger partial charge in [-0.1, -0.05) is 18.2 Å². The molecule has 0 saturated heterocycles. The fraction of sp³-hybridized carbons (Fsp3) is 0.188. The molecule has 0 fully saturated rings. The number of rotatable bonds is 1. The zero-order valence-electron chi connectivity index (χ0n) is 11.1. The van der Waals surface area contributed by atoms with Gasteiger partial charge in [0.1, 0.15) is 0 Å². The number of carbonyl (C=O) groups excluding carboxylic acids is 1. The van der Waals surface area contributed by atoms with Crippen LogP contribution in [0.3, 0.4) is 0 Å². The minimum Gasteiger partial charge on any atom is -0.399 e. The van der Waals surface area contributed by atoms with Crippen LogP contribution < -0.4 is 10.6 Å². The molecule has 1 aliphatic heterocycles. The van der Waals surface area contributed by atoms with Crippen LogP contribution in [0.5, 0.6) is 0 Å². The lowest BCUT2D eigenvalue weighted by atomic mass is 10.1. The Labute approximate surface area is 112 Å². The van der Waals surface area contributed by atoms with Gasteiger partial charge < -0.3 is 10.6 Å². The first kappa shape index (κ1) is 11.8. The Morgan fingerprint density at radius 1 is 1.11 bits per heavy atom. The molecule has 2 aromatic rings. The molecule has 0 saturated carbocycles. The number of nitrogens with two attached hydrogens (primary N) is 1. The first-order chi connectivity index (χ1) is 9.06. The Morgan fingerprint density at radius 3 is 2.68 bits per heavy atom. The minimum atomic E-state index is 0.0380. The van der Waals surface area contributed by atoms with E-state index < -0.39 is 0 Å². The molecule has 3 rings (SSSR count). The molecule has 1 heterocycles. The molecule has 2 N–H and O–H groups in total. The molecular weight excluding hydrogens is 236 g/mol. The second-order valence-electron chi connectivity index (χ2n) is 5.10. The van der Waals surface area contributed by atoms with Crippen molar-refractivity contribution >= 4 is 17.3 Å². The molecule has 0 unspecified atom stereocenters. The maximum atomic E-state index is 12.5. The number of amides is 1. The fourth-order valence-electron chi connectivity index (χ4n) is 2.52. The summed E-state index contributed by atoms with van der Waals surface area (Å²) in [4.78, 5) is 14.3. The van der Waals surface area contributed by atoms with Crippen molar-refractivity contribution in [2.75, 3.05) is 10.6 Å². The molecule has 1 aliphatic rings. The quantitative estimate of drug-likeness (QED) is 0.793. The van der Waals surface area contributed by atoms with Gasteiger partial charge in [-0.05, 0) is 48.7 Å². The van der Waals surface area contributed by atoms with Gasteiger partial charge in [-0.3, -0.25) is 4.79 Å². The monoisotopic (exact) mass is 252 g/mol. The Balaban J connectivity index is 2.06. The van der Waals surface area contributed by atoms with Gasteiger partial charge in [0.05, 0.1) is 6.54 Å². The molecule has 0 bridgehead atoms. The van der Waals surface area contributed by atoms with E-state index in [0.29, 0.717) is 12.2 Å². The predicted octanol–water partition coefficient (Wildman–Crippen LogP) is 3.05. The van der Waals surface area contributed by atoms with Crippen LogP contribution in [0.15, 0.2) is 36.4 Å². The van der Waals surface area contributed by atoms with Crippen LogP contribution in [0.2, 0.25) is 0 Å². The molecule has 0 spiro atoms. The van der Waals surface area contributed by atoms with Crippen molar-refractivity contribution < 1.29 is 4.79 Å². The summed E-state index contributed by atoms with van der Waals surface area (Å²) in [6.07, 6.45) is 0. The van der Waals surface area contributed by atoms with Gasteiger partial charge in [0.2, 0.25) is 0 Å². The summed E-state index contributed by atoms with van der Waals surface area (Å²) < 4.78 is 0. The Kier molecular flexibility index (Phi) is 2.56. The summed E-state index contributed by atoms with van der Waals surface area (Å²) in [5.41, 5.74) is 11.4. The molecule has 0 radical (unpaired) electrons. The van der Waals surface area contributed by atoms with Crippen molar-refractivity contribution in [3.63, 3.8) is 0 Å². The largest absolute Gasteiger partial charge is 0.399 e. The van der Waals surface area contributed by atoms with Gasteiger partial charge >= 0.3 is 0 Å². The van der Waals surface area contributed by atoms with Gasteiger partial charge in [0.15, 0.2) is 0 Å². The topological polar surface area (TPSA) is 46.3 Å². The van der Waals surface area contributed by atoms with E-state index >= 15 is 0 Å². The molecular formula is C16H16N2O. The van der Waals surface area contributed by atoms with Crippen molar-refractivity contribution in [1.29, 1.82) is 0 Å². The maximum Gasteiger partial charge on any atom is 0.259 e. The van der Waals surface area contributed by atoms with E-state index in [0.717, 1.165) is 27.9 Å². The third-order valence-corrected chi connectivity index (χ3v) is 3.59. The van der Waals surface area contributed by atoms with E-state index in [1.54, 1.807) is 6.07 Å². The highest BCUT2D eigenvalue weighted by Crippen LogP contribution is 2.31. The summed E-state index contributed by atoms with van der Waals surface area (Å²) >= 11 is 0. The van der Waals surface area contributed by atoms with Gasteiger partial charge in [0.25, 0.3) is 5.91 Å². The summed E-state index contributed by atoms with van der Waals surface area (Å²) in [6, 6.07) is 11.7. The van der Waals surface area contributed by atoms with E-state index in [9.17, 15) is 4.79 Å². The minimum absolute atomic E-state index is 0.0380. The predicted molar refractivity (Wildman–Crippen MR) is 77.3 cm³/mol. The Hall–Kier alpha value is -2.29. The number of aryl methyl sites for hydroxylation is 2. The molecule has 3 heteroatoms. The third kappa shape index (κ3) is 1.87. The van der Waals surface area contributed by atoms with Gasteiger partial charge in [-0.2, -0.15) is 0 Å². The van der Waals surface area contributed by atoms with Crippen LogP contribution >= 0.6 is 0 Å². The van der Waals surface area contributed by atoms with E-state index in [2.05, 4.69) is 18.2 Å². The van der Waals surface area contributed by atoms with Crippen molar-refractivity contribution in [3.8, 4) is 0 Å². The number of nitrogens with zero attached hydrogens (tertiary/aromatic N) is 1. The zero-order chi connectivity index (χ0) is 13.6. The van der Waals surface area contributed by atoms with E-state index in [1.165, 1.54) is 0 Å². The summed E-state index contributed by atoms with van der Waals surface area (Å²) in [5.74, 6) is 0.0380. The molecule has 0 aliphatic carbocycles. The standard InChI is InChI=1S/C16H16N2O/c1-10-3-4-11(2)15(7-10)18-9-12-5-6-13(17)8-14(12)16(18)19/h3-8H,9,17H2,1-2H3. The molecule has 3 nitrogen and oxygen atoms in total. The van der Waals surface area contributed by atoms with E-state index in [4.69, 9.17) is 5.73 Å². The van der Waals surface area contributed by atoms with Crippen LogP contribution in [-0.2, 0) is 6.54 Å². The second-order valence-corrected chi connectivity index (χ2v) is 5.10. The SMILES string of the molecule is Cc1ccc(C)c(N2Cc3ccc(N)cc3C2=O)c1. The second kappa shape index (κ2) is 4.12. The first-order valence-electron chi connectivity index (χ1n) is 6.34. The van der Waals surface area contributed by atoms with Crippen LogP contribution in [0, 0.1) is 13.8 Å². The van der Waals surface area contributed by atoms with E-state index in [1.807, 2.05) is 30.9 Å². The average Bonchev–Trinajstić information content (AvgIpc) is 2.70. The van der Waals surface area contributed by atoms with Crippen LogP contribution in [-0.4, -0.2) is 5.91 Å². The van der Waals surface area contributed by atoms with Gasteiger partial charge in [-0.15, -0.1) is 0 Å². The highest BCUT2D eigenvalue weighted by atomic mass is 16.2. The van der Waals surface area contributed by atoms with Crippen molar-refractivity contribution in [1.82, 2.24) is 0 Å². The number of carbonyl (C=O) groups is 1. The first-order valence-corrected chi connectivity index (χ1v) is 6.34. The third-order valence-electron chi connectivity index (χ3n) is 3.59. The number of fused-ring (bicyclic) bond motifs is 1. The zero-order valence-corrected chi connectivity index (χ0v) is 11.1. The number of benzene rings is 2. The van der Waals surface area contributed by atoms with Gasteiger partial charge in [-0.25, -0.2) is 0 Å². The number of anilines is 2. The smallest absolute Gasteiger partial charge is 0.259 e. The highest BCUT2D eigenvalue weighted by molar-refractivity contribution is 6.10. The molecule has 2 aromatic carbocycles. The molecule has 19 heavy (non-hydrogen) atoms. The Morgan fingerprint density at radius 2 is 1.89 bits per heavy atom. The normalized spacial score (nSPS) is 13.8. The number of hydrogen-bond acceptors (Lipinski definition) is 2. The maximum absolute atomic E-state index is 12.5. The lowest BCUT2D eigenvalue weighted by molar-refractivity contribution is 0.0996. The van der Waals surface area contributed by atoms with Crippen molar-refractivity contribution in [2.45, 2.75) is 20.4 Å². The van der Waals surface area contributed by atoms with E-state index in [-0.39, 0.29) is 5.91 Å². The molecule has 1 amide bonds. The number of hydrogen-bond donors (Lipinski definition) is 1.